The fourth-order valence-electron chi connectivity index (χ4n) is 4.86. The van der Waals surface area contributed by atoms with Crippen molar-refractivity contribution >= 4 is 40.6 Å². The molecule has 212 valence electrons. The largest absolute Gasteiger partial charge is 0.490 e. The molecule has 0 radical (unpaired) electrons. The van der Waals surface area contributed by atoms with Crippen LogP contribution in [0.1, 0.15) is 55.7 Å². The quantitative estimate of drug-likeness (QED) is 0.259. The normalized spacial score (nSPS) is 17.8. The number of nitrogens with zero attached hydrogens (tertiary/aromatic N) is 2. The van der Waals surface area contributed by atoms with Crippen LogP contribution in [0.3, 0.4) is 0 Å². The van der Waals surface area contributed by atoms with Crippen molar-refractivity contribution in [1.29, 1.82) is 0 Å². The molecule has 0 aromatic heterocycles. The molecule has 3 aromatic carbocycles. The zero-order chi connectivity index (χ0) is 28.6. The summed E-state index contributed by atoms with van der Waals surface area (Å²) in [4.78, 5) is 30.8. The molecule has 0 unspecified atom stereocenters. The van der Waals surface area contributed by atoms with Crippen LogP contribution in [0.2, 0.25) is 0 Å². The minimum Gasteiger partial charge on any atom is -0.490 e. The number of amidine groups is 1. The van der Waals surface area contributed by atoms with Crippen molar-refractivity contribution in [2.24, 2.45) is 4.99 Å². The number of carboxylic acids is 1. The average Bonchev–Trinajstić information content (AvgIpc) is 3.27. The highest BCUT2D eigenvalue weighted by molar-refractivity contribution is 8.18. The third kappa shape index (κ3) is 7.79. The molecule has 0 bridgehead atoms. The minimum absolute atomic E-state index is 0.0369. The first kappa shape index (κ1) is 28.5. The average molecular weight is 571 g/mol. The Morgan fingerprint density at radius 2 is 1.61 bits per heavy atom. The van der Waals surface area contributed by atoms with Crippen molar-refractivity contribution in [3.05, 3.63) is 94.4 Å². The van der Waals surface area contributed by atoms with E-state index < -0.39 is 5.97 Å². The smallest absolute Gasteiger partial charge is 0.307 e. The van der Waals surface area contributed by atoms with Crippen molar-refractivity contribution < 1.29 is 24.2 Å². The van der Waals surface area contributed by atoms with E-state index >= 15 is 0 Å². The van der Waals surface area contributed by atoms with Crippen LogP contribution >= 0.6 is 11.8 Å². The zero-order valence-electron chi connectivity index (χ0n) is 23.1. The number of carboxylic acid groups (broad SMARTS) is 1. The first-order chi connectivity index (χ1) is 20.0. The maximum absolute atomic E-state index is 13.0. The Hall–Kier alpha value is -4.04. The van der Waals surface area contributed by atoms with Crippen LogP contribution in [0.15, 0.2) is 82.7 Å². The summed E-state index contributed by atoms with van der Waals surface area (Å²) in [6.07, 6.45) is 8.26. The molecular weight excluding hydrogens is 536 g/mol. The lowest BCUT2D eigenvalue weighted by molar-refractivity contribution is -0.136. The van der Waals surface area contributed by atoms with E-state index in [1.165, 1.54) is 31.0 Å². The standard InChI is InChI=1S/C33H34N2O5S/c1-2-35-32(38)30(41-33(35)34-26-14-8-24(9-15-26)21-31(36)37)20-23-10-16-27(17-11-23)39-22-25-12-18-29(19-13-25)40-28-6-4-3-5-7-28/h8-20,28H,2-7,21-22H2,1H3,(H,36,37)/b30-20-,34-33+. The highest BCUT2D eigenvalue weighted by atomic mass is 32.2. The summed E-state index contributed by atoms with van der Waals surface area (Å²) in [5, 5.41) is 9.56. The van der Waals surface area contributed by atoms with Crippen LogP contribution in [-0.2, 0) is 22.6 Å². The number of carbonyl (C=O) groups is 2. The van der Waals surface area contributed by atoms with Gasteiger partial charge < -0.3 is 14.6 Å². The second kappa shape index (κ2) is 13.5. The Bertz CT molecular complexity index is 1410. The maximum Gasteiger partial charge on any atom is 0.307 e. The summed E-state index contributed by atoms with van der Waals surface area (Å²) in [7, 11) is 0. The molecule has 5 rings (SSSR count). The molecule has 0 spiro atoms. The number of carbonyl (C=O) groups excluding carboxylic acids is 1. The van der Waals surface area contributed by atoms with Crippen LogP contribution in [0.4, 0.5) is 5.69 Å². The molecule has 8 heteroatoms. The lowest BCUT2D eigenvalue weighted by Crippen LogP contribution is -2.28. The van der Waals surface area contributed by atoms with E-state index in [2.05, 4.69) is 4.99 Å². The van der Waals surface area contributed by atoms with E-state index in [1.807, 2.05) is 61.5 Å². The van der Waals surface area contributed by atoms with E-state index in [4.69, 9.17) is 14.6 Å². The van der Waals surface area contributed by atoms with Gasteiger partial charge in [0.1, 0.15) is 18.1 Å². The fraction of sp³-hybridized carbons (Fsp3) is 0.303. The van der Waals surface area contributed by atoms with Gasteiger partial charge in [-0.05, 0) is 104 Å². The highest BCUT2D eigenvalue weighted by Crippen LogP contribution is 2.34. The second-order valence-electron chi connectivity index (χ2n) is 10.2. The van der Waals surface area contributed by atoms with Gasteiger partial charge in [0.25, 0.3) is 5.91 Å². The number of rotatable bonds is 10. The number of aliphatic imine (C=N–C) groups is 1. The molecule has 7 nitrogen and oxygen atoms in total. The van der Waals surface area contributed by atoms with Gasteiger partial charge in [-0.25, -0.2) is 4.99 Å². The summed E-state index contributed by atoms with van der Waals surface area (Å²) in [5.41, 5.74) is 3.34. The molecular formula is C33H34N2O5S. The lowest BCUT2D eigenvalue weighted by atomic mass is 9.98. The third-order valence-electron chi connectivity index (χ3n) is 7.08. The van der Waals surface area contributed by atoms with Gasteiger partial charge >= 0.3 is 5.97 Å². The number of hydrogen-bond acceptors (Lipinski definition) is 6. The summed E-state index contributed by atoms with van der Waals surface area (Å²) >= 11 is 1.33. The third-order valence-corrected chi connectivity index (χ3v) is 8.09. The number of likely N-dealkylation sites (N-methyl/N-ethyl adjacent to an activating group) is 1. The van der Waals surface area contributed by atoms with Crippen molar-refractivity contribution in [2.75, 3.05) is 6.54 Å². The molecule has 2 fully saturated rings. The minimum atomic E-state index is -0.877. The number of thioether (sulfide) groups is 1. The van der Waals surface area contributed by atoms with Gasteiger partial charge in [-0.3, -0.25) is 14.5 Å². The van der Waals surface area contributed by atoms with E-state index in [9.17, 15) is 9.59 Å². The predicted octanol–water partition coefficient (Wildman–Crippen LogP) is 7.23. The topological polar surface area (TPSA) is 88.4 Å². The zero-order valence-corrected chi connectivity index (χ0v) is 23.9. The number of aliphatic carboxylic acids is 1. The van der Waals surface area contributed by atoms with Crippen LogP contribution in [0.25, 0.3) is 6.08 Å². The van der Waals surface area contributed by atoms with E-state index in [0.717, 1.165) is 35.5 Å². The van der Waals surface area contributed by atoms with E-state index in [0.29, 0.717) is 40.6 Å². The first-order valence-corrected chi connectivity index (χ1v) is 14.9. The van der Waals surface area contributed by atoms with Gasteiger partial charge in [-0.1, -0.05) is 42.8 Å². The van der Waals surface area contributed by atoms with Gasteiger partial charge in [0.15, 0.2) is 5.17 Å². The molecule has 1 saturated heterocycles. The summed E-state index contributed by atoms with van der Waals surface area (Å²) in [5.74, 6) is 0.706. The number of amides is 1. The van der Waals surface area contributed by atoms with Crippen LogP contribution in [0, 0.1) is 0 Å². The van der Waals surface area contributed by atoms with E-state index in [1.54, 1.807) is 29.2 Å². The van der Waals surface area contributed by atoms with Gasteiger partial charge in [0, 0.05) is 6.54 Å². The number of ether oxygens (including phenoxy) is 2. The van der Waals surface area contributed by atoms with Crippen LogP contribution < -0.4 is 9.47 Å². The van der Waals surface area contributed by atoms with Crippen molar-refractivity contribution in [2.45, 2.75) is 58.2 Å². The maximum atomic E-state index is 13.0. The molecule has 1 saturated carbocycles. The second-order valence-corrected chi connectivity index (χ2v) is 11.2. The molecule has 1 aliphatic carbocycles. The van der Waals surface area contributed by atoms with Gasteiger partial charge in [0.05, 0.1) is 23.1 Å². The molecule has 1 amide bonds. The van der Waals surface area contributed by atoms with Gasteiger partial charge in [-0.2, -0.15) is 0 Å². The lowest BCUT2D eigenvalue weighted by Gasteiger charge is -2.23. The number of hydrogen-bond donors (Lipinski definition) is 1. The Labute approximate surface area is 244 Å². The molecule has 0 atom stereocenters. The van der Waals surface area contributed by atoms with Crippen molar-refractivity contribution in [3.63, 3.8) is 0 Å². The SMILES string of the molecule is CCN1C(=O)/C(=C/c2ccc(OCc3ccc(OC4CCCCC4)cc3)cc2)S/C1=N/c1ccc(CC(=O)O)cc1. The molecule has 1 aliphatic heterocycles. The Morgan fingerprint density at radius 1 is 0.951 bits per heavy atom. The van der Waals surface area contributed by atoms with Crippen molar-refractivity contribution in [3.8, 4) is 11.5 Å². The molecule has 41 heavy (non-hydrogen) atoms. The first-order valence-electron chi connectivity index (χ1n) is 14.1. The van der Waals surface area contributed by atoms with Crippen LogP contribution in [-0.4, -0.2) is 39.7 Å². The Morgan fingerprint density at radius 3 is 2.27 bits per heavy atom. The van der Waals surface area contributed by atoms with Gasteiger partial charge in [-0.15, -0.1) is 0 Å². The summed E-state index contributed by atoms with van der Waals surface area (Å²) in [6, 6.07) is 22.8. The summed E-state index contributed by atoms with van der Waals surface area (Å²) < 4.78 is 12.1. The van der Waals surface area contributed by atoms with Crippen LogP contribution in [0.5, 0.6) is 11.5 Å². The number of benzene rings is 3. The predicted molar refractivity (Wildman–Crippen MR) is 163 cm³/mol. The fourth-order valence-corrected chi connectivity index (χ4v) is 5.92. The summed E-state index contributed by atoms with van der Waals surface area (Å²) in [6.45, 7) is 2.87. The van der Waals surface area contributed by atoms with Gasteiger partial charge in [0.2, 0.25) is 0 Å². The molecule has 1 heterocycles. The van der Waals surface area contributed by atoms with Crippen molar-refractivity contribution in [1.82, 2.24) is 4.90 Å². The molecule has 2 aliphatic rings. The highest BCUT2D eigenvalue weighted by Gasteiger charge is 2.32. The van der Waals surface area contributed by atoms with E-state index in [-0.39, 0.29) is 12.3 Å². The monoisotopic (exact) mass is 570 g/mol. The molecule has 1 N–H and O–H groups in total. The Kier molecular flexibility index (Phi) is 9.41. The molecule has 3 aromatic rings. The Balaban J connectivity index is 1.18.